The number of aryl methyl sites for hydroxylation is 1. The molecule has 3 amide bonds. The monoisotopic (exact) mass is 387 g/mol. The van der Waals surface area contributed by atoms with Crippen LogP contribution >= 0.6 is 0 Å². The van der Waals surface area contributed by atoms with Gasteiger partial charge in [0.1, 0.15) is 0 Å². The number of nitrogens with zero attached hydrogens (tertiary/aromatic N) is 3. The number of hydrogen-bond donors (Lipinski definition) is 0. The molecule has 1 aromatic carbocycles. The minimum absolute atomic E-state index is 0.0180. The van der Waals surface area contributed by atoms with Crippen LogP contribution in [0.4, 0.5) is 0 Å². The Morgan fingerprint density at radius 2 is 1.82 bits per heavy atom. The number of hydrogen-bond acceptors (Lipinski definition) is 4. The van der Waals surface area contributed by atoms with Crippen molar-refractivity contribution in [2.24, 2.45) is 5.92 Å². The Kier molecular flexibility index (Phi) is 6.99. The number of rotatable bonds is 8. The Morgan fingerprint density at radius 1 is 1.18 bits per heavy atom. The van der Waals surface area contributed by atoms with Crippen LogP contribution in [0, 0.1) is 12.8 Å². The van der Waals surface area contributed by atoms with Crippen molar-refractivity contribution in [3.8, 4) is 0 Å². The number of likely N-dealkylation sites (N-methyl/N-ethyl adjacent to an activating group) is 1. The molecule has 1 aromatic rings. The third-order valence-corrected chi connectivity index (χ3v) is 5.36. The predicted octanol–water partition coefficient (Wildman–Crippen LogP) is 2.06. The minimum Gasteiger partial charge on any atom is -0.345 e. The van der Waals surface area contributed by atoms with Crippen LogP contribution in [0.15, 0.2) is 24.3 Å². The molecule has 1 atom stereocenters. The van der Waals surface area contributed by atoms with Gasteiger partial charge >= 0.3 is 0 Å². The number of carbonyl (C=O) groups is 3. The first-order valence-electron chi connectivity index (χ1n) is 9.88. The molecule has 1 aliphatic rings. The van der Waals surface area contributed by atoms with Gasteiger partial charge in [0.15, 0.2) is 0 Å². The molecular weight excluding hydrogens is 354 g/mol. The van der Waals surface area contributed by atoms with E-state index in [9.17, 15) is 14.4 Å². The van der Waals surface area contributed by atoms with Gasteiger partial charge in [-0.1, -0.05) is 38.1 Å². The van der Waals surface area contributed by atoms with E-state index in [0.717, 1.165) is 11.1 Å². The maximum absolute atomic E-state index is 13.5. The fourth-order valence-corrected chi connectivity index (χ4v) is 3.92. The van der Waals surface area contributed by atoms with E-state index in [1.807, 2.05) is 64.0 Å². The van der Waals surface area contributed by atoms with Gasteiger partial charge in [0.05, 0.1) is 5.41 Å². The Labute approximate surface area is 168 Å². The molecule has 2 rings (SSSR count). The fraction of sp³-hybridized carbons (Fsp3) is 0.591. The van der Waals surface area contributed by atoms with Gasteiger partial charge in [0.25, 0.3) is 0 Å². The molecule has 6 nitrogen and oxygen atoms in total. The van der Waals surface area contributed by atoms with Crippen LogP contribution < -0.4 is 0 Å². The standard InChI is InChI=1S/C22H33N3O3/c1-16(2)15-24(6)19(26)13-22(18-10-8-7-9-17(18)3)14-20(27)25(21(22)28)12-11-23(4)5/h7-10,16H,11-15H2,1-6H3/t22-/m1/s1. The van der Waals surface area contributed by atoms with E-state index in [-0.39, 0.29) is 30.6 Å². The summed E-state index contributed by atoms with van der Waals surface area (Å²) >= 11 is 0. The summed E-state index contributed by atoms with van der Waals surface area (Å²) in [6.07, 6.45) is 0.0650. The maximum Gasteiger partial charge on any atom is 0.240 e. The highest BCUT2D eigenvalue weighted by molar-refractivity contribution is 6.11. The Hall–Kier alpha value is -2.21. The molecule has 0 spiro atoms. The minimum atomic E-state index is -1.11. The largest absolute Gasteiger partial charge is 0.345 e. The zero-order chi connectivity index (χ0) is 21.1. The molecule has 0 saturated carbocycles. The van der Waals surface area contributed by atoms with E-state index in [4.69, 9.17) is 0 Å². The third kappa shape index (κ3) is 4.61. The number of carbonyl (C=O) groups excluding carboxylic acids is 3. The van der Waals surface area contributed by atoms with Crippen molar-refractivity contribution >= 4 is 17.7 Å². The second-order valence-electron chi connectivity index (χ2n) is 8.57. The molecule has 0 aliphatic carbocycles. The average Bonchev–Trinajstić information content (AvgIpc) is 2.83. The number of benzene rings is 1. The first-order chi connectivity index (χ1) is 13.1. The summed E-state index contributed by atoms with van der Waals surface area (Å²) in [5, 5.41) is 0. The second-order valence-corrected chi connectivity index (χ2v) is 8.57. The summed E-state index contributed by atoms with van der Waals surface area (Å²) < 4.78 is 0. The van der Waals surface area contributed by atoms with Crippen molar-refractivity contribution in [1.29, 1.82) is 0 Å². The van der Waals surface area contributed by atoms with Gasteiger partial charge in [-0.3, -0.25) is 19.3 Å². The van der Waals surface area contributed by atoms with Crippen LogP contribution in [0.1, 0.15) is 37.8 Å². The van der Waals surface area contributed by atoms with Crippen LogP contribution in [-0.2, 0) is 19.8 Å². The lowest BCUT2D eigenvalue weighted by molar-refractivity contribution is -0.142. The van der Waals surface area contributed by atoms with E-state index in [2.05, 4.69) is 0 Å². The number of amides is 3. The van der Waals surface area contributed by atoms with Gasteiger partial charge in [-0.05, 0) is 38.1 Å². The topological polar surface area (TPSA) is 60.9 Å². The molecule has 0 bridgehead atoms. The summed E-state index contributed by atoms with van der Waals surface area (Å²) in [4.78, 5) is 44.2. The smallest absolute Gasteiger partial charge is 0.240 e. The molecule has 154 valence electrons. The van der Waals surface area contributed by atoms with Gasteiger partial charge in [0.2, 0.25) is 17.7 Å². The second kappa shape index (κ2) is 8.86. The van der Waals surface area contributed by atoms with Gasteiger partial charge in [-0.15, -0.1) is 0 Å². The van der Waals surface area contributed by atoms with Crippen molar-refractivity contribution in [3.63, 3.8) is 0 Å². The van der Waals surface area contributed by atoms with Gasteiger partial charge in [-0.25, -0.2) is 0 Å². The first kappa shape index (κ1) is 22.1. The zero-order valence-corrected chi connectivity index (χ0v) is 18.0. The Balaban J connectivity index is 2.41. The summed E-state index contributed by atoms with van der Waals surface area (Å²) in [5.41, 5.74) is 0.598. The van der Waals surface area contributed by atoms with Crippen LogP contribution in [0.5, 0.6) is 0 Å². The first-order valence-corrected chi connectivity index (χ1v) is 9.88. The van der Waals surface area contributed by atoms with Crippen LogP contribution in [-0.4, -0.2) is 73.2 Å². The fourth-order valence-electron chi connectivity index (χ4n) is 3.92. The molecule has 1 heterocycles. The lowest BCUT2D eigenvalue weighted by atomic mass is 9.74. The van der Waals surface area contributed by atoms with Crippen LogP contribution in [0.2, 0.25) is 0 Å². The molecule has 6 heteroatoms. The van der Waals surface area contributed by atoms with Crippen molar-refractivity contribution in [3.05, 3.63) is 35.4 Å². The highest BCUT2D eigenvalue weighted by Gasteiger charge is 2.54. The Morgan fingerprint density at radius 3 is 2.39 bits per heavy atom. The van der Waals surface area contributed by atoms with E-state index < -0.39 is 5.41 Å². The molecule has 0 unspecified atom stereocenters. The highest BCUT2D eigenvalue weighted by atomic mass is 16.2. The molecule has 1 aliphatic heterocycles. The molecular formula is C22H33N3O3. The average molecular weight is 388 g/mol. The third-order valence-electron chi connectivity index (χ3n) is 5.36. The van der Waals surface area contributed by atoms with Crippen molar-refractivity contribution in [2.75, 3.05) is 40.8 Å². The SMILES string of the molecule is Cc1ccccc1[C@@]1(CC(=O)N(C)CC(C)C)CC(=O)N(CCN(C)C)C1=O. The Bertz CT molecular complexity index is 744. The van der Waals surface area contributed by atoms with Crippen molar-refractivity contribution < 1.29 is 14.4 Å². The van der Waals surface area contributed by atoms with Crippen molar-refractivity contribution in [1.82, 2.24) is 14.7 Å². The van der Waals surface area contributed by atoms with Gasteiger partial charge in [0, 0.05) is 39.5 Å². The lowest BCUT2D eigenvalue weighted by Gasteiger charge is -2.31. The molecule has 28 heavy (non-hydrogen) atoms. The molecule has 1 saturated heterocycles. The summed E-state index contributed by atoms with van der Waals surface area (Å²) in [5.74, 6) is -0.220. The highest BCUT2D eigenvalue weighted by Crippen LogP contribution is 2.41. The van der Waals surface area contributed by atoms with E-state index in [1.165, 1.54) is 4.90 Å². The summed E-state index contributed by atoms with van der Waals surface area (Å²) in [7, 11) is 5.58. The number of likely N-dealkylation sites (tertiary alicyclic amines) is 1. The molecule has 0 N–H and O–H groups in total. The van der Waals surface area contributed by atoms with Gasteiger partial charge < -0.3 is 9.80 Å². The predicted molar refractivity (Wildman–Crippen MR) is 110 cm³/mol. The van der Waals surface area contributed by atoms with Crippen molar-refractivity contribution in [2.45, 2.75) is 39.0 Å². The van der Waals surface area contributed by atoms with Gasteiger partial charge in [-0.2, -0.15) is 0 Å². The van der Waals surface area contributed by atoms with E-state index in [1.54, 1.807) is 11.9 Å². The zero-order valence-electron chi connectivity index (χ0n) is 18.0. The quantitative estimate of drug-likeness (QED) is 0.641. The summed E-state index contributed by atoms with van der Waals surface area (Å²) in [6.45, 7) is 7.59. The maximum atomic E-state index is 13.5. The molecule has 0 aromatic heterocycles. The van der Waals surface area contributed by atoms with E-state index >= 15 is 0 Å². The summed E-state index contributed by atoms with van der Waals surface area (Å²) in [6, 6.07) is 7.59. The van der Waals surface area contributed by atoms with Crippen LogP contribution in [0.3, 0.4) is 0 Å². The lowest BCUT2D eigenvalue weighted by Crippen LogP contribution is -2.44. The van der Waals surface area contributed by atoms with E-state index in [0.29, 0.717) is 25.6 Å². The normalized spacial score (nSPS) is 19.8. The van der Waals surface area contributed by atoms with Crippen LogP contribution in [0.25, 0.3) is 0 Å². The molecule has 0 radical (unpaired) electrons. The number of imide groups is 1. The molecule has 1 fully saturated rings.